The van der Waals surface area contributed by atoms with Gasteiger partial charge < -0.3 is 5.11 Å². The van der Waals surface area contributed by atoms with Crippen molar-refractivity contribution in [1.82, 2.24) is 0 Å². The molecule has 0 spiro atoms. The quantitative estimate of drug-likeness (QED) is 0.605. The Morgan fingerprint density at radius 1 is 1.58 bits per heavy atom. The molecule has 0 aromatic rings. The van der Waals surface area contributed by atoms with Crippen molar-refractivity contribution < 1.29 is 14.3 Å². The second-order valence-electron chi connectivity index (χ2n) is 3.13. The lowest BCUT2D eigenvalue weighted by atomic mass is 9.79. The van der Waals surface area contributed by atoms with Gasteiger partial charge in [-0.15, -0.1) is 12.3 Å². The highest BCUT2D eigenvalue weighted by atomic mass is 19.1. The van der Waals surface area contributed by atoms with Crippen LogP contribution in [0.25, 0.3) is 0 Å². The topological polar surface area (TPSA) is 37.3 Å². The van der Waals surface area contributed by atoms with Crippen molar-refractivity contribution in [2.24, 2.45) is 11.8 Å². The molecule has 0 aromatic carbocycles. The van der Waals surface area contributed by atoms with Crippen LogP contribution < -0.4 is 0 Å². The summed E-state index contributed by atoms with van der Waals surface area (Å²) in [6.07, 6.45) is 5.12. The molecule has 1 rings (SSSR count). The Kier molecular flexibility index (Phi) is 2.69. The summed E-state index contributed by atoms with van der Waals surface area (Å²) in [4.78, 5) is 10.6. The molecule has 12 heavy (non-hydrogen) atoms. The van der Waals surface area contributed by atoms with E-state index in [1.54, 1.807) is 0 Å². The fraction of sp³-hybridized carbons (Fsp3) is 0.667. The summed E-state index contributed by atoms with van der Waals surface area (Å²) in [6, 6.07) is 0. The van der Waals surface area contributed by atoms with Crippen LogP contribution in [0.3, 0.4) is 0 Å². The Hall–Kier alpha value is -1.04. The van der Waals surface area contributed by atoms with Gasteiger partial charge in [0.05, 0.1) is 5.92 Å². The highest BCUT2D eigenvalue weighted by molar-refractivity contribution is 5.71. The number of halogens is 1. The largest absolute Gasteiger partial charge is 0.481 e. The van der Waals surface area contributed by atoms with Gasteiger partial charge in [0, 0.05) is 5.92 Å². The van der Waals surface area contributed by atoms with Gasteiger partial charge in [0.1, 0.15) is 6.17 Å². The average Bonchev–Trinajstić information content (AvgIpc) is 2.04. The number of carbonyl (C=O) groups is 1. The smallest absolute Gasteiger partial charge is 0.307 e. The Morgan fingerprint density at radius 3 is 2.75 bits per heavy atom. The zero-order chi connectivity index (χ0) is 9.14. The molecule has 3 atom stereocenters. The van der Waals surface area contributed by atoms with Crippen LogP contribution in [0.2, 0.25) is 0 Å². The third-order valence-corrected chi connectivity index (χ3v) is 2.32. The fourth-order valence-corrected chi connectivity index (χ4v) is 1.59. The van der Waals surface area contributed by atoms with E-state index in [9.17, 15) is 9.18 Å². The van der Waals surface area contributed by atoms with Gasteiger partial charge in [-0.2, -0.15) is 0 Å². The van der Waals surface area contributed by atoms with Crippen LogP contribution in [-0.4, -0.2) is 17.2 Å². The lowest BCUT2D eigenvalue weighted by Gasteiger charge is -2.26. The number of alkyl halides is 1. The van der Waals surface area contributed by atoms with E-state index in [-0.39, 0.29) is 12.3 Å². The second kappa shape index (κ2) is 3.57. The number of rotatable bonds is 1. The zero-order valence-electron chi connectivity index (χ0n) is 6.66. The minimum atomic E-state index is -0.990. The predicted octanol–water partition coefficient (Wildman–Crippen LogP) is 1.46. The van der Waals surface area contributed by atoms with Crippen molar-refractivity contribution >= 4 is 5.97 Å². The van der Waals surface area contributed by atoms with Crippen LogP contribution >= 0.6 is 0 Å². The second-order valence-corrected chi connectivity index (χ2v) is 3.13. The number of terminal acetylenes is 1. The summed E-state index contributed by atoms with van der Waals surface area (Å²) < 4.78 is 12.8. The maximum absolute atomic E-state index is 12.8. The van der Waals surface area contributed by atoms with Crippen LogP contribution in [0.1, 0.15) is 19.3 Å². The summed E-state index contributed by atoms with van der Waals surface area (Å²) in [5.74, 6) is 0.472. The van der Waals surface area contributed by atoms with E-state index in [0.29, 0.717) is 12.8 Å². The Morgan fingerprint density at radius 2 is 2.25 bits per heavy atom. The first-order valence-corrected chi connectivity index (χ1v) is 3.98. The molecule has 0 amide bonds. The van der Waals surface area contributed by atoms with Crippen molar-refractivity contribution in [3.63, 3.8) is 0 Å². The minimum Gasteiger partial charge on any atom is -0.481 e. The first kappa shape index (κ1) is 9.05. The first-order chi connectivity index (χ1) is 5.65. The molecule has 3 unspecified atom stereocenters. The Bertz CT molecular complexity index is 219. The number of aliphatic carboxylic acids is 1. The summed E-state index contributed by atoms with van der Waals surface area (Å²) in [6.45, 7) is 0. The normalized spacial score (nSPS) is 35.5. The van der Waals surface area contributed by atoms with Gasteiger partial charge in [-0.25, -0.2) is 4.39 Å². The minimum absolute atomic E-state index is 0.0736. The lowest BCUT2D eigenvalue weighted by molar-refractivity contribution is -0.144. The Labute approximate surface area is 70.8 Å². The van der Waals surface area contributed by atoms with Gasteiger partial charge >= 0.3 is 5.97 Å². The third kappa shape index (κ3) is 1.76. The molecule has 1 aliphatic rings. The zero-order valence-corrected chi connectivity index (χ0v) is 6.66. The number of carboxylic acid groups (broad SMARTS) is 1. The van der Waals surface area contributed by atoms with E-state index in [2.05, 4.69) is 5.92 Å². The molecular formula is C9H11FO2. The van der Waals surface area contributed by atoms with Gasteiger partial charge in [0.2, 0.25) is 0 Å². The number of hydrogen-bond acceptors (Lipinski definition) is 1. The molecule has 0 radical (unpaired) electrons. The molecule has 0 bridgehead atoms. The molecule has 0 heterocycles. The maximum Gasteiger partial charge on any atom is 0.307 e. The maximum atomic E-state index is 12.8. The van der Waals surface area contributed by atoms with E-state index >= 15 is 0 Å². The van der Waals surface area contributed by atoms with Crippen molar-refractivity contribution in [3.8, 4) is 12.3 Å². The summed E-state index contributed by atoms with van der Waals surface area (Å²) in [7, 11) is 0. The average molecular weight is 170 g/mol. The van der Waals surface area contributed by atoms with E-state index in [1.807, 2.05) is 0 Å². The van der Waals surface area contributed by atoms with Crippen LogP contribution in [0.5, 0.6) is 0 Å². The van der Waals surface area contributed by atoms with Crippen LogP contribution in [0.15, 0.2) is 0 Å². The molecule has 1 fully saturated rings. The summed E-state index contributed by atoms with van der Waals surface area (Å²) in [5, 5.41) is 8.70. The van der Waals surface area contributed by atoms with Crippen LogP contribution in [0.4, 0.5) is 4.39 Å². The van der Waals surface area contributed by atoms with E-state index in [0.717, 1.165) is 0 Å². The SMILES string of the molecule is C#CC1CCC(F)CC1C(=O)O. The molecule has 1 N–H and O–H groups in total. The molecule has 0 aromatic heterocycles. The molecule has 1 aliphatic carbocycles. The summed E-state index contributed by atoms with van der Waals surface area (Å²) >= 11 is 0. The highest BCUT2D eigenvalue weighted by Crippen LogP contribution is 2.31. The van der Waals surface area contributed by atoms with Crippen molar-refractivity contribution in [2.45, 2.75) is 25.4 Å². The highest BCUT2D eigenvalue weighted by Gasteiger charge is 2.34. The molecule has 0 saturated heterocycles. The van der Waals surface area contributed by atoms with Crippen molar-refractivity contribution in [1.29, 1.82) is 0 Å². The summed E-state index contributed by atoms with van der Waals surface area (Å²) in [5.41, 5.74) is 0. The number of hydrogen-bond donors (Lipinski definition) is 1. The van der Waals surface area contributed by atoms with Crippen molar-refractivity contribution in [3.05, 3.63) is 0 Å². The fourth-order valence-electron chi connectivity index (χ4n) is 1.59. The van der Waals surface area contributed by atoms with Crippen LogP contribution in [-0.2, 0) is 4.79 Å². The molecule has 0 aliphatic heterocycles. The van der Waals surface area contributed by atoms with Crippen molar-refractivity contribution in [2.75, 3.05) is 0 Å². The van der Waals surface area contributed by atoms with Gasteiger partial charge in [0.25, 0.3) is 0 Å². The van der Waals surface area contributed by atoms with E-state index in [4.69, 9.17) is 11.5 Å². The molecule has 2 nitrogen and oxygen atoms in total. The molecular weight excluding hydrogens is 159 g/mol. The predicted molar refractivity (Wildman–Crippen MR) is 42.2 cm³/mol. The lowest BCUT2D eigenvalue weighted by Crippen LogP contribution is -2.30. The third-order valence-electron chi connectivity index (χ3n) is 2.32. The molecule has 66 valence electrons. The first-order valence-electron chi connectivity index (χ1n) is 3.98. The van der Waals surface area contributed by atoms with Gasteiger partial charge in [0.15, 0.2) is 0 Å². The van der Waals surface area contributed by atoms with E-state index in [1.165, 1.54) is 0 Å². The number of carboxylic acids is 1. The molecule has 3 heteroatoms. The Balaban J connectivity index is 2.66. The standard InChI is InChI=1S/C9H11FO2/c1-2-6-3-4-7(10)5-8(6)9(11)12/h1,6-8H,3-5H2,(H,11,12). The molecule has 1 saturated carbocycles. The van der Waals surface area contributed by atoms with Crippen LogP contribution in [0, 0.1) is 24.2 Å². The van der Waals surface area contributed by atoms with E-state index < -0.39 is 18.1 Å². The monoisotopic (exact) mass is 170 g/mol. The van der Waals surface area contributed by atoms with Gasteiger partial charge in [-0.05, 0) is 19.3 Å². The van der Waals surface area contributed by atoms with Gasteiger partial charge in [-0.1, -0.05) is 0 Å². The van der Waals surface area contributed by atoms with Gasteiger partial charge in [-0.3, -0.25) is 4.79 Å².